The summed E-state index contributed by atoms with van der Waals surface area (Å²) in [5, 5.41) is 5.38. The summed E-state index contributed by atoms with van der Waals surface area (Å²) < 4.78 is 47.1. The molecule has 10 nitrogen and oxygen atoms in total. The summed E-state index contributed by atoms with van der Waals surface area (Å²) in [7, 11) is 0. The van der Waals surface area contributed by atoms with Gasteiger partial charge in [-0.15, -0.1) is 0 Å². The topological polar surface area (TPSA) is 94.5 Å². The third kappa shape index (κ3) is 4.26. The lowest BCUT2D eigenvalue weighted by atomic mass is 9.78. The molecule has 3 fully saturated rings. The number of rotatable bonds is 3. The molecule has 1 aromatic carbocycles. The summed E-state index contributed by atoms with van der Waals surface area (Å²) in [6.45, 7) is 3.57. The van der Waals surface area contributed by atoms with E-state index < -0.39 is 29.4 Å². The third-order valence-corrected chi connectivity index (χ3v) is 7.22. The molecule has 4 aliphatic rings. The predicted octanol–water partition coefficient (Wildman–Crippen LogP) is 2.04. The molecule has 1 atom stereocenters. The van der Waals surface area contributed by atoms with Crippen molar-refractivity contribution in [2.45, 2.75) is 12.5 Å². The van der Waals surface area contributed by atoms with Crippen molar-refractivity contribution in [3.8, 4) is 0 Å². The molecule has 3 saturated heterocycles. The fourth-order valence-electron chi connectivity index (χ4n) is 5.18. The zero-order valence-corrected chi connectivity index (χ0v) is 19.8. The number of amides is 3. The van der Waals surface area contributed by atoms with E-state index in [0.29, 0.717) is 64.5 Å². The molecule has 0 N–H and O–H groups in total. The number of piperazine rings is 1. The Labute approximate surface area is 210 Å². The Bertz CT molecular complexity index is 1250. The van der Waals surface area contributed by atoms with E-state index in [9.17, 15) is 22.8 Å². The molecule has 6 rings (SSSR count). The number of likely N-dealkylation sites (tertiary alicyclic amines) is 1. The molecular weight excluding hydrogens is 491 g/mol. The van der Waals surface area contributed by atoms with Gasteiger partial charge in [-0.3, -0.25) is 4.79 Å². The van der Waals surface area contributed by atoms with E-state index in [2.05, 4.69) is 15.1 Å². The Morgan fingerprint density at radius 1 is 0.973 bits per heavy atom. The van der Waals surface area contributed by atoms with Crippen LogP contribution in [0.3, 0.4) is 0 Å². The number of aromatic nitrogens is 2. The Hall–Kier alpha value is -3.74. The lowest BCUT2D eigenvalue weighted by Gasteiger charge is -2.54. The lowest BCUT2D eigenvalue weighted by molar-refractivity contribution is -0.176. The van der Waals surface area contributed by atoms with Crippen LogP contribution in [-0.2, 0) is 4.74 Å². The van der Waals surface area contributed by atoms with Crippen LogP contribution >= 0.6 is 0 Å². The van der Waals surface area contributed by atoms with Crippen LogP contribution in [-0.4, -0.2) is 95.4 Å². The van der Waals surface area contributed by atoms with Gasteiger partial charge in [-0.1, -0.05) is 0 Å². The molecule has 13 heteroatoms. The summed E-state index contributed by atoms with van der Waals surface area (Å²) in [6, 6.07) is 2.20. The molecule has 0 radical (unpaired) electrons. The van der Waals surface area contributed by atoms with Gasteiger partial charge in [-0.05, 0) is 17.7 Å². The van der Waals surface area contributed by atoms with Crippen LogP contribution in [0, 0.1) is 22.9 Å². The second-order valence-electron chi connectivity index (χ2n) is 9.87. The van der Waals surface area contributed by atoms with Crippen molar-refractivity contribution >= 4 is 24.1 Å². The van der Waals surface area contributed by atoms with Crippen molar-refractivity contribution in [3.05, 3.63) is 53.1 Å². The Morgan fingerprint density at radius 2 is 1.68 bits per heavy atom. The number of hydrogen-bond donors (Lipinski definition) is 0. The zero-order valence-electron chi connectivity index (χ0n) is 19.8. The average molecular weight is 515 g/mol. The van der Waals surface area contributed by atoms with Gasteiger partial charge in [0, 0.05) is 58.0 Å². The van der Waals surface area contributed by atoms with Gasteiger partial charge >= 0.3 is 6.03 Å². The number of hydrogen-bond acceptors (Lipinski definition) is 7. The minimum Gasteiger partial charge on any atom is -0.380 e. The molecule has 1 aromatic heterocycles. The van der Waals surface area contributed by atoms with Gasteiger partial charge in [0.15, 0.2) is 11.5 Å². The Balaban J connectivity index is 1.10. The number of hydrazone groups is 1. The number of halogens is 3. The first-order chi connectivity index (χ1) is 17.8. The standard InChI is InChI=1S/C24H24F3N7O3/c25-16-7-15(8-17(26)9-16)19-1-2-29-34(19)23(36)32-5-3-31(4-6-32)22-28-10-18(27)20(30-22)21(35)33-11-24(12-33)13-37-14-24/h2,7-10,19H,1,3-6,11-14H2/t19-/m0/s1. The summed E-state index contributed by atoms with van der Waals surface area (Å²) in [6.07, 6.45) is 2.89. The van der Waals surface area contributed by atoms with Crippen LogP contribution in [0.5, 0.6) is 0 Å². The second kappa shape index (κ2) is 8.98. The van der Waals surface area contributed by atoms with Crippen LogP contribution in [0.1, 0.15) is 28.5 Å². The predicted molar refractivity (Wildman–Crippen MR) is 124 cm³/mol. The molecule has 2 aromatic rings. The number of carbonyl (C=O) groups excluding carboxylic acids is 2. The van der Waals surface area contributed by atoms with Crippen LogP contribution < -0.4 is 4.90 Å². The van der Waals surface area contributed by atoms with E-state index in [1.54, 1.807) is 20.9 Å². The van der Waals surface area contributed by atoms with Crippen LogP contribution in [0.15, 0.2) is 29.5 Å². The maximum absolute atomic E-state index is 14.4. The van der Waals surface area contributed by atoms with E-state index >= 15 is 0 Å². The van der Waals surface area contributed by atoms with E-state index in [4.69, 9.17) is 4.74 Å². The van der Waals surface area contributed by atoms with Gasteiger partial charge in [0.1, 0.15) is 11.6 Å². The molecule has 194 valence electrons. The summed E-state index contributed by atoms with van der Waals surface area (Å²) in [5.41, 5.74) is 0.0681. The van der Waals surface area contributed by atoms with Crippen molar-refractivity contribution < 1.29 is 27.5 Å². The maximum Gasteiger partial charge on any atom is 0.341 e. The van der Waals surface area contributed by atoms with E-state index in [0.717, 1.165) is 12.3 Å². The van der Waals surface area contributed by atoms with Gasteiger partial charge in [-0.2, -0.15) is 5.10 Å². The molecule has 0 bridgehead atoms. The molecule has 0 saturated carbocycles. The number of nitrogens with zero attached hydrogens (tertiary/aromatic N) is 7. The highest BCUT2D eigenvalue weighted by Gasteiger charge is 2.51. The summed E-state index contributed by atoms with van der Waals surface area (Å²) in [5.74, 6) is -2.47. The highest BCUT2D eigenvalue weighted by atomic mass is 19.1. The molecule has 4 aliphatic heterocycles. The maximum atomic E-state index is 14.4. The van der Waals surface area contributed by atoms with Gasteiger partial charge in [0.25, 0.3) is 5.91 Å². The summed E-state index contributed by atoms with van der Waals surface area (Å²) in [4.78, 5) is 39.2. The normalized spacial score (nSPS) is 22.3. The van der Waals surface area contributed by atoms with Gasteiger partial charge in [-0.25, -0.2) is 32.9 Å². The first-order valence-corrected chi connectivity index (χ1v) is 12.0. The Kier molecular flexibility index (Phi) is 5.74. The molecule has 37 heavy (non-hydrogen) atoms. The van der Waals surface area contributed by atoms with Gasteiger partial charge < -0.3 is 19.4 Å². The van der Waals surface area contributed by atoms with Crippen molar-refractivity contribution in [2.75, 3.05) is 57.4 Å². The van der Waals surface area contributed by atoms with E-state index in [-0.39, 0.29) is 23.1 Å². The number of carbonyl (C=O) groups is 2. The van der Waals surface area contributed by atoms with E-state index in [1.165, 1.54) is 17.1 Å². The lowest BCUT2D eigenvalue weighted by Crippen LogP contribution is -2.67. The fourth-order valence-corrected chi connectivity index (χ4v) is 5.18. The monoisotopic (exact) mass is 515 g/mol. The zero-order chi connectivity index (χ0) is 25.7. The van der Waals surface area contributed by atoms with Gasteiger partial charge in [0.2, 0.25) is 5.95 Å². The highest BCUT2D eigenvalue weighted by molar-refractivity contribution is 5.93. The van der Waals surface area contributed by atoms with Gasteiger partial charge in [0.05, 0.1) is 30.9 Å². The molecule has 5 heterocycles. The molecular formula is C24H24F3N7O3. The van der Waals surface area contributed by atoms with Crippen molar-refractivity contribution in [1.29, 1.82) is 0 Å². The summed E-state index contributed by atoms with van der Waals surface area (Å²) >= 11 is 0. The molecule has 3 amide bonds. The molecule has 1 spiro atoms. The SMILES string of the molecule is O=C(c1nc(N2CCN(C(=O)N3N=CC[C@H]3c3cc(F)cc(F)c3)CC2)ncc1F)N1CC2(COC2)C1. The molecule has 0 aliphatic carbocycles. The first-order valence-electron chi connectivity index (χ1n) is 12.0. The largest absolute Gasteiger partial charge is 0.380 e. The van der Waals surface area contributed by atoms with Crippen molar-refractivity contribution in [2.24, 2.45) is 10.5 Å². The highest BCUT2D eigenvalue weighted by Crippen LogP contribution is 2.38. The van der Waals surface area contributed by atoms with Crippen LogP contribution in [0.2, 0.25) is 0 Å². The number of urea groups is 1. The van der Waals surface area contributed by atoms with E-state index in [1.807, 2.05) is 0 Å². The third-order valence-electron chi connectivity index (χ3n) is 7.22. The second-order valence-corrected chi connectivity index (χ2v) is 9.87. The van der Waals surface area contributed by atoms with Crippen LogP contribution in [0.25, 0.3) is 0 Å². The van der Waals surface area contributed by atoms with Crippen molar-refractivity contribution in [1.82, 2.24) is 24.8 Å². The number of benzene rings is 1. The number of ether oxygens (including phenoxy) is 1. The number of anilines is 1. The average Bonchev–Trinajstić information content (AvgIpc) is 3.32. The molecule has 0 unspecified atom stereocenters. The minimum absolute atomic E-state index is 0.00605. The minimum atomic E-state index is -0.778. The van der Waals surface area contributed by atoms with Crippen LogP contribution in [0.4, 0.5) is 23.9 Å². The Morgan fingerprint density at radius 3 is 2.32 bits per heavy atom. The first kappa shape index (κ1) is 23.6. The smallest absolute Gasteiger partial charge is 0.341 e. The van der Waals surface area contributed by atoms with Crippen molar-refractivity contribution in [3.63, 3.8) is 0 Å². The fraction of sp³-hybridized carbons (Fsp3) is 0.458. The quantitative estimate of drug-likeness (QED) is 0.621.